The van der Waals surface area contributed by atoms with Crippen molar-refractivity contribution in [1.82, 2.24) is 0 Å². The molecule has 2 atom stereocenters. The van der Waals surface area contributed by atoms with Crippen LogP contribution in [0.1, 0.15) is 41.0 Å². The monoisotopic (exact) mass is 288 g/mol. The highest BCUT2D eigenvalue weighted by Crippen LogP contribution is 2.15. The summed E-state index contributed by atoms with van der Waals surface area (Å²) in [6.45, 7) is 8.86. The first-order valence-corrected chi connectivity index (χ1v) is 7.52. The first-order chi connectivity index (χ1) is 8.22. The highest BCUT2D eigenvalue weighted by atomic mass is 28.3. The number of halogens is 3. The molecule has 3 nitrogen and oxygen atoms in total. The molecule has 0 aliphatic heterocycles. The van der Waals surface area contributed by atoms with Gasteiger partial charge in [-0.1, -0.05) is 0 Å². The molecule has 2 unspecified atom stereocenters. The van der Waals surface area contributed by atoms with Crippen molar-refractivity contribution < 1.29 is 26.4 Å². The van der Waals surface area contributed by atoms with Crippen LogP contribution in [0, 0.1) is 0 Å². The maximum Gasteiger partial charge on any atom is 0.484 e. The first kappa shape index (κ1) is 17.9. The molecule has 0 aliphatic rings. The Balaban J connectivity index is 4.20. The summed E-state index contributed by atoms with van der Waals surface area (Å²) in [7, 11) is -2.41. The van der Waals surface area contributed by atoms with Gasteiger partial charge in [0.05, 0.1) is 0 Å². The highest BCUT2D eigenvalue weighted by Gasteiger charge is 2.27. The van der Waals surface area contributed by atoms with E-state index in [1.807, 2.05) is 27.7 Å². The van der Waals surface area contributed by atoms with Crippen molar-refractivity contribution >= 4 is 9.53 Å². The van der Waals surface area contributed by atoms with Gasteiger partial charge in [-0.2, -0.15) is 0 Å². The summed E-state index contributed by atoms with van der Waals surface area (Å²) in [4.78, 5) is 0. The zero-order valence-corrected chi connectivity index (χ0v) is 12.7. The van der Waals surface area contributed by atoms with Crippen molar-refractivity contribution in [2.45, 2.75) is 71.9 Å². The van der Waals surface area contributed by atoms with E-state index in [-0.39, 0.29) is 18.6 Å². The van der Waals surface area contributed by atoms with Gasteiger partial charge in [-0.15, -0.1) is 0 Å². The van der Waals surface area contributed by atoms with Gasteiger partial charge in [0.25, 0.3) is 6.43 Å². The molecule has 0 amide bonds. The summed E-state index contributed by atoms with van der Waals surface area (Å²) >= 11 is 0. The molecule has 0 fully saturated rings. The number of hydrogen-bond acceptors (Lipinski definition) is 3. The van der Waals surface area contributed by atoms with Gasteiger partial charge in [0.1, 0.15) is 0 Å². The third-order valence-corrected chi connectivity index (χ3v) is 4.16. The van der Waals surface area contributed by atoms with Crippen molar-refractivity contribution in [2.24, 2.45) is 0 Å². The number of alkyl halides is 3. The Kier molecular flexibility index (Phi) is 8.84. The molecule has 0 N–H and O–H groups in total. The minimum absolute atomic E-state index is 0.0797. The molecular weight excluding hydrogens is 265 g/mol. The Morgan fingerprint density at radius 1 is 0.833 bits per heavy atom. The van der Waals surface area contributed by atoms with Crippen molar-refractivity contribution in [2.75, 3.05) is 0 Å². The summed E-state index contributed by atoms with van der Waals surface area (Å²) in [5, 5.41) is 0. The Morgan fingerprint density at radius 2 is 1.28 bits per heavy atom. The lowest BCUT2D eigenvalue weighted by Gasteiger charge is -2.24. The SMILES string of the molecule is CC(C)O[SiH](OC(C)C)OC(C)CC(F)C(F)F. The van der Waals surface area contributed by atoms with Crippen LogP contribution in [0.25, 0.3) is 0 Å². The third-order valence-electron chi connectivity index (χ3n) is 1.94. The molecule has 18 heavy (non-hydrogen) atoms. The molecule has 0 heterocycles. The van der Waals surface area contributed by atoms with Crippen molar-refractivity contribution in [3.8, 4) is 0 Å². The van der Waals surface area contributed by atoms with Crippen LogP contribution in [-0.4, -0.2) is 40.4 Å². The lowest BCUT2D eigenvalue weighted by molar-refractivity contribution is -0.00555. The summed E-state index contributed by atoms with van der Waals surface area (Å²) < 4.78 is 53.3. The molecule has 0 aliphatic carbocycles. The molecule has 0 aromatic heterocycles. The summed E-state index contributed by atoms with van der Waals surface area (Å²) in [6, 6.07) is 0. The average molecular weight is 288 g/mol. The molecule has 110 valence electrons. The second-order valence-corrected chi connectivity index (χ2v) is 6.09. The minimum Gasteiger partial charge on any atom is -0.373 e. The Bertz CT molecular complexity index is 208. The van der Waals surface area contributed by atoms with E-state index < -0.39 is 28.2 Å². The van der Waals surface area contributed by atoms with Crippen LogP contribution in [0.2, 0.25) is 0 Å². The van der Waals surface area contributed by atoms with Gasteiger partial charge in [0.2, 0.25) is 0 Å². The maximum atomic E-state index is 12.9. The predicted molar refractivity (Wildman–Crippen MR) is 65.7 cm³/mol. The molecule has 0 spiro atoms. The maximum absolute atomic E-state index is 12.9. The van der Waals surface area contributed by atoms with E-state index in [1.54, 1.807) is 6.92 Å². The molecule has 0 saturated carbocycles. The zero-order valence-electron chi connectivity index (χ0n) is 11.5. The van der Waals surface area contributed by atoms with E-state index in [0.717, 1.165) is 0 Å². The fourth-order valence-corrected chi connectivity index (χ4v) is 2.78. The first-order valence-electron chi connectivity index (χ1n) is 6.11. The van der Waals surface area contributed by atoms with Gasteiger partial charge in [-0.3, -0.25) is 0 Å². The molecular formula is C11H23F3O3Si. The fraction of sp³-hybridized carbons (Fsp3) is 1.00. The molecule has 0 bridgehead atoms. The number of rotatable bonds is 9. The van der Waals surface area contributed by atoms with Crippen LogP contribution in [0.3, 0.4) is 0 Å². The largest absolute Gasteiger partial charge is 0.484 e. The quantitative estimate of drug-likeness (QED) is 0.611. The van der Waals surface area contributed by atoms with Crippen LogP contribution in [0.4, 0.5) is 13.2 Å². The zero-order chi connectivity index (χ0) is 14.3. The van der Waals surface area contributed by atoms with E-state index in [2.05, 4.69) is 0 Å². The van der Waals surface area contributed by atoms with Crippen LogP contribution in [-0.2, 0) is 13.3 Å². The van der Waals surface area contributed by atoms with Gasteiger partial charge in [-0.25, -0.2) is 13.2 Å². The summed E-state index contributed by atoms with van der Waals surface area (Å²) in [6.07, 6.45) is -6.32. The topological polar surface area (TPSA) is 27.7 Å². The normalized spacial score (nSPS) is 16.0. The van der Waals surface area contributed by atoms with Crippen molar-refractivity contribution in [3.63, 3.8) is 0 Å². The molecule has 0 rings (SSSR count). The van der Waals surface area contributed by atoms with Gasteiger partial charge in [-0.05, 0) is 34.6 Å². The predicted octanol–water partition coefficient (Wildman–Crippen LogP) is 2.95. The Morgan fingerprint density at radius 3 is 1.61 bits per heavy atom. The lowest BCUT2D eigenvalue weighted by Crippen LogP contribution is -2.36. The van der Waals surface area contributed by atoms with Crippen LogP contribution in [0.15, 0.2) is 0 Å². The van der Waals surface area contributed by atoms with Crippen molar-refractivity contribution in [1.29, 1.82) is 0 Å². The molecule has 7 heteroatoms. The standard InChI is InChI=1S/C11H23F3O3Si/c1-7(2)15-18(16-8(3)4)17-9(5)6-10(12)11(13)14/h7-11,18H,6H2,1-5H3. The van der Waals surface area contributed by atoms with Crippen LogP contribution < -0.4 is 0 Å². The van der Waals surface area contributed by atoms with E-state index in [1.165, 1.54) is 0 Å². The Labute approximate surface area is 109 Å². The Hall–Kier alpha value is -0.113. The number of hydrogen-bond donors (Lipinski definition) is 0. The van der Waals surface area contributed by atoms with Gasteiger partial charge in [0.15, 0.2) is 6.17 Å². The van der Waals surface area contributed by atoms with Gasteiger partial charge < -0.3 is 13.3 Å². The smallest absolute Gasteiger partial charge is 0.373 e. The fourth-order valence-electron chi connectivity index (χ4n) is 1.21. The van der Waals surface area contributed by atoms with Crippen LogP contribution >= 0.6 is 0 Å². The average Bonchev–Trinajstić information content (AvgIpc) is 2.14. The molecule has 0 aromatic rings. The van der Waals surface area contributed by atoms with E-state index in [0.29, 0.717) is 0 Å². The lowest BCUT2D eigenvalue weighted by atomic mass is 10.2. The van der Waals surface area contributed by atoms with E-state index in [4.69, 9.17) is 13.3 Å². The third kappa shape index (κ3) is 8.90. The molecule has 0 saturated heterocycles. The second-order valence-electron chi connectivity index (χ2n) is 4.69. The minimum atomic E-state index is -2.98. The van der Waals surface area contributed by atoms with E-state index >= 15 is 0 Å². The van der Waals surface area contributed by atoms with Crippen molar-refractivity contribution in [3.05, 3.63) is 0 Å². The highest BCUT2D eigenvalue weighted by molar-refractivity contribution is 6.36. The molecule has 0 radical (unpaired) electrons. The van der Waals surface area contributed by atoms with E-state index in [9.17, 15) is 13.2 Å². The van der Waals surface area contributed by atoms with Crippen LogP contribution in [0.5, 0.6) is 0 Å². The summed E-state index contributed by atoms with van der Waals surface area (Å²) in [5.41, 5.74) is 0. The molecule has 0 aromatic carbocycles. The second kappa shape index (κ2) is 8.90. The van der Waals surface area contributed by atoms with Gasteiger partial charge >= 0.3 is 9.53 Å². The summed E-state index contributed by atoms with van der Waals surface area (Å²) in [5.74, 6) is 0. The van der Waals surface area contributed by atoms with Gasteiger partial charge in [0, 0.05) is 24.7 Å².